The van der Waals surface area contributed by atoms with Gasteiger partial charge in [-0.3, -0.25) is 0 Å². The predicted molar refractivity (Wildman–Crippen MR) is 102 cm³/mol. The number of methoxy groups -OCH3 is 1. The highest BCUT2D eigenvalue weighted by molar-refractivity contribution is 5.75. The lowest BCUT2D eigenvalue weighted by atomic mass is 10.1. The summed E-state index contributed by atoms with van der Waals surface area (Å²) in [6.45, 7) is 1.43. The van der Waals surface area contributed by atoms with Crippen LogP contribution in [0.2, 0.25) is 0 Å². The van der Waals surface area contributed by atoms with Crippen LogP contribution in [0.15, 0.2) is 18.2 Å². The molecule has 1 N–H and O–H groups in total. The van der Waals surface area contributed by atoms with Gasteiger partial charge in [-0.1, -0.05) is 12.8 Å². The van der Waals surface area contributed by atoms with Gasteiger partial charge < -0.3 is 19.9 Å². The van der Waals surface area contributed by atoms with Gasteiger partial charge in [0.15, 0.2) is 0 Å². The van der Waals surface area contributed by atoms with Gasteiger partial charge in [-0.15, -0.1) is 0 Å². The highest BCUT2D eigenvalue weighted by Crippen LogP contribution is 2.35. The summed E-state index contributed by atoms with van der Waals surface area (Å²) in [5.74, 6) is 0. The van der Waals surface area contributed by atoms with E-state index in [-0.39, 0.29) is 24.7 Å². The minimum absolute atomic E-state index is 0.144. The van der Waals surface area contributed by atoms with Crippen LogP contribution in [0.4, 0.5) is 23.7 Å². The van der Waals surface area contributed by atoms with E-state index in [1.54, 1.807) is 15.9 Å². The van der Waals surface area contributed by atoms with Crippen molar-refractivity contribution in [3.8, 4) is 6.07 Å². The van der Waals surface area contributed by atoms with Gasteiger partial charge >= 0.3 is 12.2 Å². The topological polar surface area (TPSA) is 68.6 Å². The van der Waals surface area contributed by atoms with E-state index in [4.69, 9.17) is 10.00 Å². The molecule has 2 amide bonds. The number of halogens is 3. The fraction of sp³-hybridized carbons (Fsp3) is 0.600. The summed E-state index contributed by atoms with van der Waals surface area (Å²) in [5.41, 5.74) is -0.959. The number of nitriles is 1. The third-order valence-corrected chi connectivity index (χ3v) is 5.58. The van der Waals surface area contributed by atoms with E-state index in [1.807, 2.05) is 0 Å². The molecule has 1 saturated heterocycles. The monoisotopic (exact) mass is 410 g/mol. The molecule has 9 heteroatoms. The van der Waals surface area contributed by atoms with Gasteiger partial charge in [0.2, 0.25) is 0 Å². The molecule has 6 nitrogen and oxygen atoms in total. The van der Waals surface area contributed by atoms with E-state index in [9.17, 15) is 18.0 Å². The van der Waals surface area contributed by atoms with Gasteiger partial charge in [0.05, 0.1) is 29.8 Å². The Balaban J connectivity index is 1.75. The third kappa shape index (κ3) is 4.93. The molecule has 1 heterocycles. The van der Waals surface area contributed by atoms with E-state index in [2.05, 4.69) is 5.32 Å². The molecule has 1 unspecified atom stereocenters. The molecule has 1 aliphatic heterocycles. The predicted octanol–water partition coefficient (Wildman–Crippen LogP) is 3.37. The van der Waals surface area contributed by atoms with Crippen LogP contribution >= 0.6 is 0 Å². The first-order valence-electron chi connectivity index (χ1n) is 9.76. The van der Waals surface area contributed by atoms with Gasteiger partial charge in [-0.2, -0.15) is 18.4 Å². The molecule has 1 atom stereocenters. The molecule has 158 valence electrons. The molecule has 1 saturated carbocycles. The van der Waals surface area contributed by atoms with Crippen molar-refractivity contribution < 1.29 is 22.7 Å². The van der Waals surface area contributed by atoms with Crippen LogP contribution in [-0.4, -0.2) is 56.4 Å². The van der Waals surface area contributed by atoms with Gasteiger partial charge in [0.1, 0.15) is 0 Å². The van der Waals surface area contributed by atoms with Crippen LogP contribution in [0.3, 0.4) is 0 Å². The number of hydrogen-bond acceptors (Lipinski definition) is 4. The van der Waals surface area contributed by atoms with Crippen LogP contribution in [0.25, 0.3) is 0 Å². The highest BCUT2D eigenvalue weighted by atomic mass is 19.4. The smallest absolute Gasteiger partial charge is 0.382 e. The SMILES string of the molecule is COCC1CN(c2ccc(C#N)c(C(F)(F)F)c2)CCN1C(=O)NC1CCCC1. The second kappa shape index (κ2) is 8.91. The number of ether oxygens (including phenoxy) is 1. The number of alkyl halides is 3. The zero-order valence-electron chi connectivity index (χ0n) is 16.3. The molecule has 1 aromatic rings. The number of rotatable bonds is 4. The fourth-order valence-corrected chi connectivity index (χ4v) is 4.08. The van der Waals surface area contributed by atoms with Crippen molar-refractivity contribution in [2.24, 2.45) is 0 Å². The minimum Gasteiger partial charge on any atom is -0.382 e. The van der Waals surface area contributed by atoms with Crippen molar-refractivity contribution in [1.82, 2.24) is 10.2 Å². The summed E-state index contributed by atoms with van der Waals surface area (Å²) in [6.07, 6.45) is -0.422. The maximum atomic E-state index is 13.3. The van der Waals surface area contributed by atoms with Crippen LogP contribution in [-0.2, 0) is 10.9 Å². The first-order valence-corrected chi connectivity index (χ1v) is 9.76. The lowest BCUT2D eigenvalue weighted by Crippen LogP contribution is -2.60. The number of benzene rings is 1. The van der Waals surface area contributed by atoms with E-state index in [0.717, 1.165) is 31.7 Å². The van der Waals surface area contributed by atoms with Gasteiger partial charge in [0.25, 0.3) is 0 Å². The molecule has 0 aromatic heterocycles. The Morgan fingerprint density at radius 2 is 2.03 bits per heavy atom. The molecular weight excluding hydrogens is 385 g/mol. The second-order valence-electron chi connectivity index (χ2n) is 7.52. The van der Waals surface area contributed by atoms with Crippen molar-refractivity contribution in [3.05, 3.63) is 29.3 Å². The molecule has 1 aromatic carbocycles. The fourth-order valence-electron chi connectivity index (χ4n) is 4.08. The Labute approximate surface area is 168 Å². The number of carbonyl (C=O) groups is 1. The molecule has 3 rings (SSSR count). The summed E-state index contributed by atoms with van der Waals surface area (Å²) in [5, 5.41) is 12.0. The normalized spacial score (nSPS) is 20.6. The highest BCUT2D eigenvalue weighted by Gasteiger charge is 2.36. The summed E-state index contributed by atoms with van der Waals surface area (Å²) in [7, 11) is 1.54. The van der Waals surface area contributed by atoms with Gasteiger partial charge in [0, 0.05) is 38.5 Å². The average Bonchev–Trinajstić information content (AvgIpc) is 3.20. The summed E-state index contributed by atoms with van der Waals surface area (Å²) in [6, 6.07) is 5.09. The molecule has 0 spiro atoms. The van der Waals surface area contributed by atoms with E-state index in [1.165, 1.54) is 19.2 Å². The van der Waals surface area contributed by atoms with Crippen LogP contribution in [0, 0.1) is 11.3 Å². The molecule has 0 radical (unpaired) electrons. The molecule has 2 aliphatic rings. The summed E-state index contributed by atoms with van der Waals surface area (Å²) in [4.78, 5) is 16.2. The first-order chi connectivity index (χ1) is 13.8. The number of urea groups is 1. The zero-order valence-corrected chi connectivity index (χ0v) is 16.3. The molecule has 0 bridgehead atoms. The second-order valence-corrected chi connectivity index (χ2v) is 7.52. The van der Waals surface area contributed by atoms with Crippen molar-refractivity contribution in [2.45, 2.75) is 43.9 Å². The molecule has 2 fully saturated rings. The van der Waals surface area contributed by atoms with Crippen molar-refractivity contribution in [2.75, 3.05) is 38.3 Å². The maximum Gasteiger partial charge on any atom is 0.417 e. The van der Waals surface area contributed by atoms with Crippen molar-refractivity contribution in [3.63, 3.8) is 0 Å². The van der Waals surface area contributed by atoms with E-state index >= 15 is 0 Å². The Bertz CT molecular complexity index is 772. The number of hydrogen-bond donors (Lipinski definition) is 1. The number of carbonyl (C=O) groups excluding carboxylic acids is 1. The largest absolute Gasteiger partial charge is 0.417 e. The Hall–Kier alpha value is -2.47. The number of nitrogens with one attached hydrogen (secondary N) is 1. The van der Waals surface area contributed by atoms with E-state index < -0.39 is 17.3 Å². The van der Waals surface area contributed by atoms with Gasteiger partial charge in [-0.05, 0) is 31.0 Å². The lowest BCUT2D eigenvalue weighted by Gasteiger charge is -2.42. The Morgan fingerprint density at radius 1 is 1.31 bits per heavy atom. The number of amides is 2. The first kappa shape index (κ1) is 21.2. The average molecular weight is 410 g/mol. The Kier molecular flexibility index (Phi) is 6.52. The summed E-state index contributed by atoms with van der Waals surface area (Å²) < 4.78 is 45.1. The zero-order chi connectivity index (χ0) is 21.0. The third-order valence-electron chi connectivity index (χ3n) is 5.58. The molecule has 29 heavy (non-hydrogen) atoms. The van der Waals surface area contributed by atoms with Crippen LogP contribution < -0.4 is 10.2 Å². The van der Waals surface area contributed by atoms with E-state index in [0.29, 0.717) is 25.3 Å². The van der Waals surface area contributed by atoms with Gasteiger partial charge in [-0.25, -0.2) is 4.79 Å². The minimum atomic E-state index is -4.60. The number of nitrogens with zero attached hydrogens (tertiary/aromatic N) is 3. The van der Waals surface area contributed by atoms with Crippen LogP contribution in [0.1, 0.15) is 36.8 Å². The Morgan fingerprint density at radius 3 is 2.66 bits per heavy atom. The standard InChI is InChI=1S/C20H25F3N4O2/c1-29-13-17-12-26(8-9-27(17)19(28)25-15-4-2-3-5-15)16-7-6-14(11-24)18(10-16)20(21,22)23/h6-7,10,15,17H,2-5,8-9,12-13H2,1H3,(H,25,28). The number of anilines is 1. The number of piperazine rings is 1. The summed E-state index contributed by atoms with van der Waals surface area (Å²) >= 11 is 0. The maximum absolute atomic E-state index is 13.3. The van der Waals surface area contributed by atoms with Crippen molar-refractivity contribution in [1.29, 1.82) is 5.26 Å². The molecule has 1 aliphatic carbocycles. The van der Waals surface area contributed by atoms with Crippen LogP contribution in [0.5, 0.6) is 0 Å². The lowest BCUT2D eigenvalue weighted by molar-refractivity contribution is -0.137. The van der Waals surface area contributed by atoms with Crippen molar-refractivity contribution >= 4 is 11.7 Å². The molecular formula is C20H25F3N4O2. The quantitative estimate of drug-likeness (QED) is 0.827.